The fourth-order valence-corrected chi connectivity index (χ4v) is 2.81. The zero-order valence-corrected chi connectivity index (χ0v) is 11.3. The smallest absolute Gasteiger partial charge is 0.225 e. The molecule has 1 rings (SSSR count). The molecule has 1 aromatic rings. The lowest BCUT2D eigenvalue weighted by Crippen LogP contribution is -2.14. The van der Waals surface area contributed by atoms with Gasteiger partial charge in [0.05, 0.1) is 4.90 Å². The fraction of sp³-hybridized carbons (Fsp3) is 0.143. The van der Waals surface area contributed by atoms with Crippen LogP contribution in [-0.2, 0) is 10.0 Å². The molecule has 0 unspecified atom stereocenters. The third-order valence-corrected chi connectivity index (χ3v) is 5.44. The minimum Gasteiger partial charge on any atom is -0.225 e. The third kappa shape index (κ3) is 2.42. The molecule has 0 atom stereocenters. The number of primary sulfonamides is 1. The Balaban J connectivity index is 3.53. The molecule has 2 N–H and O–H groups in total. The van der Waals surface area contributed by atoms with Crippen molar-refractivity contribution >= 4 is 48.5 Å². The number of benzene rings is 1. The van der Waals surface area contributed by atoms with E-state index in [9.17, 15) is 8.42 Å². The second-order valence-electron chi connectivity index (χ2n) is 2.53. The van der Waals surface area contributed by atoms with Crippen molar-refractivity contribution in [2.75, 3.05) is 0 Å². The highest BCUT2D eigenvalue weighted by molar-refractivity contribution is 14.1. The normalized spacial score (nSPS) is 11.7. The van der Waals surface area contributed by atoms with E-state index in [0.29, 0.717) is 5.56 Å². The summed E-state index contributed by atoms with van der Waals surface area (Å²) in [6.07, 6.45) is 0. The first kappa shape index (κ1) is 11.4. The van der Waals surface area contributed by atoms with E-state index < -0.39 is 10.0 Å². The highest BCUT2D eigenvalue weighted by atomic mass is 127. The quantitative estimate of drug-likeness (QED) is 0.763. The molecule has 0 radical (unpaired) electrons. The van der Waals surface area contributed by atoms with Crippen molar-refractivity contribution in [2.45, 2.75) is 11.8 Å². The molecule has 0 heterocycles. The monoisotopic (exact) mass is 375 g/mol. The maximum absolute atomic E-state index is 11.1. The summed E-state index contributed by atoms with van der Waals surface area (Å²) in [7, 11) is -3.60. The van der Waals surface area contributed by atoms with Crippen LogP contribution in [0.5, 0.6) is 0 Å². The third-order valence-electron chi connectivity index (χ3n) is 1.60. The van der Waals surface area contributed by atoms with Gasteiger partial charge in [-0.15, -0.1) is 0 Å². The van der Waals surface area contributed by atoms with Crippen LogP contribution in [0.1, 0.15) is 5.56 Å². The molecule has 0 aliphatic heterocycles. The minimum atomic E-state index is -3.60. The Morgan fingerprint density at radius 1 is 1.46 bits per heavy atom. The fourth-order valence-electron chi connectivity index (χ4n) is 0.943. The van der Waals surface area contributed by atoms with Gasteiger partial charge in [0.1, 0.15) is 0 Å². The lowest BCUT2D eigenvalue weighted by molar-refractivity contribution is 0.597. The number of halogens is 2. The molecule has 0 bridgehead atoms. The molecule has 0 amide bonds. The average molecular weight is 376 g/mol. The highest BCUT2D eigenvalue weighted by Gasteiger charge is 2.14. The van der Waals surface area contributed by atoms with Gasteiger partial charge in [0.15, 0.2) is 0 Å². The standard InChI is InChI=1S/C7H7BrINO2S/c1-4-6(13(10,11)12)3-2-5(8)7(4)9/h2-3H,1H3,(H2,10,11,12). The first-order valence-electron chi connectivity index (χ1n) is 3.31. The van der Waals surface area contributed by atoms with Gasteiger partial charge in [0, 0.05) is 8.04 Å². The Hall–Kier alpha value is 0.340. The van der Waals surface area contributed by atoms with Gasteiger partial charge in [0.25, 0.3) is 0 Å². The van der Waals surface area contributed by atoms with E-state index in [4.69, 9.17) is 5.14 Å². The maximum atomic E-state index is 11.1. The van der Waals surface area contributed by atoms with Crippen molar-refractivity contribution in [1.82, 2.24) is 0 Å². The summed E-state index contributed by atoms with van der Waals surface area (Å²) < 4.78 is 23.9. The summed E-state index contributed by atoms with van der Waals surface area (Å²) >= 11 is 5.37. The van der Waals surface area contributed by atoms with Gasteiger partial charge in [-0.2, -0.15) is 0 Å². The summed E-state index contributed by atoms with van der Waals surface area (Å²) in [4.78, 5) is 0.181. The first-order valence-corrected chi connectivity index (χ1v) is 6.73. The van der Waals surface area contributed by atoms with Gasteiger partial charge in [-0.1, -0.05) is 0 Å². The van der Waals surface area contributed by atoms with Crippen LogP contribution >= 0.6 is 38.5 Å². The van der Waals surface area contributed by atoms with E-state index in [1.165, 1.54) is 6.07 Å². The molecule has 0 fully saturated rings. The molecule has 1 aromatic carbocycles. The van der Waals surface area contributed by atoms with Gasteiger partial charge in [-0.3, -0.25) is 0 Å². The first-order chi connectivity index (χ1) is 5.84. The number of hydrogen-bond acceptors (Lipinski definition) is 2. The second kappa shape index (κ2) is 3.84. The molecule has 0 saturated heterocycles. The Bertz CT molecular complexity index is 444. The van der Waals surface area contributed by atoms with E-state index in [0.717, 1.165) is 8.04 Å². The topological polar surface area (TPSA) is 60.2 Å². The van der Waals surface area contributed by atoms with Crippen LogP contribution in [0.3, 0.4) is 0 Å². The summed E-state index contributed by atoms with van der Waals surface area (Å²) in [5, 5.41) is 5.03. The predicted octanol–water partition coefficient (Wildman–Crippen LogP) is 2.01. The van der Waals surface area contributed by atoms with Crippen LogP contribution in [0.15, 0.2) is 21.5 Å². The summed E-state index contributed by atoms with van der Waals surface area (Å²) in [6.45, 7) is 1.73. The Kier molecular flexibility index (Phi) is 3.37. The molecule has 13 heavy (non-hydrogen) atoms. The molecular weight excluding hydrogens is 369 g/mol. The lowest BCUT2D eigenvalue weighted by Gasteiger charge is -2.06. The molecule has 6 heteroatoms. The molecular formula is C7H7BrINO2S. The van der Waals surface area contributed by atoms with Gasteiger partial charge in [-0.25, -0.2) is 13.6 Å². The van der Waals surface area contributed by atoms with Gasteiger partial charge >= 0.3 is 0 Å². The molecule has 0 aromatic heterocycles. The van der Waals surface area contributed by atoms with Crippen molar-refractivity contribution in [2.24, 2.45) is 5.14 Å². The maximum Gasteiger partial charge on any atom is 0.238 e. The number of nitrogens with two attached hydrogens (primary N) is 1. The molecule has 3 nitrogen and oxygen atoms in total. The Labute approximate surface area is 99.0 Å². The van der Waals surface area contributed by atoms with Crippen molar-refractivity contribution in [3.8, 4) is 0 Å². The number of rotatable bonds is 1. The Morgan fingerprint density at radius 3 is 2.46 bits per heavy atom. The van der Waals surface area contributed by atoms with Crippen molar-refractivity contribution in [3.63, 3.8) is 0 Å². The van der Waals surface area contributed by atoms with Crippen LogP contribution in [0, 0.1) is 10.5 Å². The molecule has 0 spiro atoms. The lowest BCUT2D eigenvalue weighted by atomic mass is 10.2. The van der Waals surface area contributed by atoms with Crippen LogP contribution in [0.4, 0.5) is 0 Å². The van der Waals surface area contributed by atoms with Gasteiger partial charge in [0.2, 0.25) is 10.0 Å². The SMILES string of the molecule is Cc1c(S(N)(=O)=O)ccc(Br)c1I. The average Bonchev–Trinajstić information content (AvgIpc) is 1.98. The summed E-state index contributed by atoms with van der Waals surface area (Å²) in [6, 6.07) is 3.17. The molecule has 0 aliphatic rings. The van der Waals surface area contributed by atoms with E-state index in [2.05, 4.69) is 38.5 Å². The van der Waals surface area contributed by atoms with Crippen LogP contribution in [-0.4, -0.2) is 8.42 Å². The highest BCUT2D eigenvalue weighted by Crippen LogP contribution is 2.26. The van der Waals surface area contributed by atoms with E-state index in [-0.39, 0.29) is 4.90 Å². The number of sulfonamides is 1. The largest absolute Gasteiger partial charge is 0.238 e. The zero-order valence-electron chi connectivity index (χ0n) is 6.71. The van der Waals surface area contributed by atoms with Gasteiger partial charge < -0.3 is 0 Å². The van der Waals surface area contributed by atoms with Crippen LogP contribution in [0.2, 0.25) is 0 Å². The van der Waals surface area contributed by atoms with Crippen LogP contribution in [0.25, 0.3) is 0 Å². The van der Waals surface area contributed by atoms with Gasteiger partial charge in [-0.05, 0) is 63.1 Å². The summed E-state index contributed by atoms with van der Waals surface area (Å²) in [5.74, 6) is 0. The zero-order chi connectivity index (χ0) is 10.2. The van der Waals surface area contributed by atoms with E-state index in [1.807, 2.05) is 0 Å². The minimum absolute atomic E-state index is 0.181. The molecule has 72 valence electrons. The molecule has 0 aliphatic carbocycles. The van der Waals surface area contributed by atoms with Crippen molar-refractivity contribution in [3.05, 3.63) is 25.7 Å². The summed E-state index contributed by atoms with van der Waals surface area (Å²) in [5.41, 5.74) is 0.678. The predicted molar refractivity (Wildman–Crippen MR) is 63.0 cm³/mol. The van der Waals surface area contributed by atoms with Crippen LogP contribution < -0.4 is 5.14 Å². The Morgan fingerprint density at radius 2 is 2.00 bits per heavy atom. The van der Waals surface area contributed by atoms with E-state index >= 15 is 0 Å². The number of hydrogen-bond donors (Lipinski definition) is 1. The van der Waals surface area contributed by atoms with Crippen molar-refractivity contribution in [1.29, 1.82) is 0 Å². The molecule has 0 saturated carbocycles. The van der Waals surface area contributed by atoms with E-state index in [1.54, 1.807) is 13.0 Å². The van der Waals surface area contributed by atoms with Crippen molar-refractivity contribution < 1.29 is 8.42 Å². The second-order valence-corrected chi connectivity index (χ2v) is 5.99.